The Morgan fingerprint density at radius 2 is 2.05 bits per heavy atom. The molecule has 112 valence electrons. The van der Waals surface area contributed by atoms with Gasteiger partial charge in [-0.3, -0.25) is 4.90 Å². The normalized spacial score (nSPS) is 24.1. The maximum atomic E-state index is 9.04. The van der Waals surface area contributed by atoms with Gasteiger partial charge in [0.25, 0.3) is 0 Å². The van der Waals surface area contributed by atoms with Crippen molar-refractivity contribution in [1.29, 1.82) is 0 Å². The zero-order valence-electron chi connectivity index (χ0n) is 12.7. The molecule has 0 amide bonds. The van der Waals surface area contributed by atoms with Crippen molar-refractivity contribution in [3.63, 3.8) is 0 Å². The molecule has 1 fully saturated rings. The maximum absolute atomic E-state index is 9.04. The van der Waals surface area contributed by atoms with E-state index < -0.39 is 0 Å². The second-order valence-corrected chi connectivity index (χ2v) is 6.36. The highest BCUT2D eigenvalue weighted by atomic mass is 16.5. The highest BCUT2D eigenvalue weighted by Crippen LogP contribution is 2.20. The van der Waals surface area contributed by atoms with E-state index in [0.717, 1.165) is 32.5 Å². The number of nitrogens with zero attached hydrogens (tertiary/aromatic N) is 1. The lowest BCUT2D eigenvalue weighted by Crippen LogP contribution is -2.41. The first-order valence-corrected chi connectivity index (χ1v) is 7.29. The van der Waals surface area contributed by atoms with Gasteiger partial charge in [0.05, 0.1) is 18.8 Å². The molecule has 19 heavy (non-hydrogen) atoms. The first kappa shape index (κ1) is 16.6. The molecule has 0 aliphatic carbocycles. The third-order valence-electron chi connectivity index (χ3n) is 3.32. The van der Waals surface area contributed by atoms with Gasteiger partial charge in [-0.25, -0.2) is 0 Å². The van der Waals surface area contributed by atoms with Crippen LogP contribution in [0.25, 0.3) is 0 Å². The number of hydrogen-bond acceptors (Lipinski definition) is 4. The SMILES string of the molecule is C=CCN(CCO)CC1CCC(CNC(C)(C)C)O1. The number of nitrogens with one attached hydrogen (secondary N) is 1. The minimum absolute atomic E-state index is 0.146. The van der Waals surface area contributed by atoms with Crippen LogP contribution in [-0.4, -0.2) is 60.5 Å². The molecule has 0 bridgehead atoms. The summed E-state index contributed by atoms with van der Waals surface area (Å²) < 4.78 is 6.06. The van der Waals surface area contributed by atoms with Crippen molar-refractivity contribution < 1.29 is 9.84 Å². The van der Waals surface area contributed by atoms with Crippen LogP contribution in [0.15, 0.2) is 12.7 Å². The van der Waals surface area contributed by atoms with Crippen LogP contribution >= 0.6 is 0 Å². The van der Waals surface area contributed by atoms with E-state index in [1.807, 2.05) is 6.08 Å². The summed E-state index contributed by atoms with van der Waals surface area (Å²) in [6.45, 7) is 13.8. The predicted molar refractivity (Wildman–Crippen MR) is 79.4 cm³/mol. The molecule has 1 saturated heterocycles. The Labute approximate surface area is 117 Å². The van der Waals surface area contributed by atoms with Crippen molar-refractivity contribution in [2.24, 2.45) is 0 Å². The zero-order valence-corrected chi connectivity index (χ0v) is 12.7. The molecule has 1 heterocycles. The number of aliphatic hydroxyl groups excluding tert-OH is 1. The van der Waals surface area contributed by atoms with Gasteiger partial charge in [-0.2, -0.15) is 0 Å². The molecule has 0 spiro atoms. The molecule has 4 heteroatoms. The Morgan fingerprint density at radius 3 is 2.63 bits per heavy atom. The number of hydrogen-bond donors (Lipinski definition) is 2. The fourth-order valence-corrected chi connectivity index (χ4v) is 2.35. The molecule has 2 atom stereocenters. The summed E-state index contributed by atoms with van der Waals surface area (Å²) in [5, 5.41) is 12.5. The highest BCUT2D eigenvalue weighted by molar-refractivity contribution is 4.82. The molecule has 2 unspecified atom stereocenters. The van der Waals surface area contributed by atoms with Crippen LogP contribution < -0.4 is 5.32 Å². The minimum Gasteiger partial charge on any atom is -0.395 e. The molecule has 0 radical (unpaired) electrons. The lowest BCUT2D eigenvalue weighted by atomic mass is 10.1. The second kappa shape index (κ2) is 8.00. The van der Waals surface area contributed by atoms with Crippen molar-refractivity contribution in [2.75, 3.05) is 32.8 Å². The standard InChI is InChI=1S/C15H30N2O2/c1-5-8-17(9-10-18)12-14-7-6-13(19-14)11-16-15(2,3)4/h5,13-14,16,18H,1,6-12H2,2-4H3. The number of aliphatic hydroxyl groups is 1. The van der Waals surface area contributed by atoms with E-state index in [9.17, 15) is 0 Å². The van der Waals surface area contributed by atoms with E-state index in [1.165, 1.54) is 0 Å². The molecule has 1 aliphatic rings. The van der Waals surface area contributed by atoms with Gasteiger partial charge in [0.1, 0.15) is 0 Å². The Kier molecular flexibility index (Phi) is 7.00. The molecule has 2 N–H and O–H groups in total. The summed E-state index contributed by atoms with van der Waals surface area (Å²) in [5.74, 6) is 0. The summed E-state index contributed by atoms with van der Waals surface area (Å²) in [6.07, 6.45) is 4.72. The first-order valence-electron chi connectivity index (χ1n) is 7.29. The summed E-state index contributed by atoms with van der Waals surface area (Å²) >= 11 is 0. The van der Waals surface area contributed by atoms with Crippen LogP contribution in [0.1, 0.15) is 33.6 Å². The smallest absolute Gasteiger partial charge is 0.0707 e. The molecule has 1 rings (SSSR count). The van der Waals surface area contributed by atoms with Gasteiger partial charge >= 0.3 is 0 Å². The molecule has 1 aliphatic heterocycles. The van der Waals surface area contributed by atoms with E-state index in [-0.39, 0.29) is 12.1 Å². The number of ether oxygens (including phenoxy) is 1. The van der Waals surface area contributed by atoms with Crippen LogP contribution in [0.2, 0.25) is 0 Å². The van der Waals surface area contributed by atoms with E-state index in [1.54, 1.807) is 0 Å². The highest BCUT2D eigenvalue weighted by Gasteiger charge is 2.27. The Balaban J connectivity index is 2.28. The van der Waals surface area contributed by atoms with E-state index in [2.05, 4.69) is 37.6 Å². The fourth-order valence-electron chi connectivity index (χ4n) is 2.35. The first-order chi connectivity index (χ1) is 8.94. The zero-order chi connectivity index (χ0) is 14.3. The van der Waals surface area contributed by atoms with Crippen LogP contribution in [0.5, 0.6) is 0 Å². The molecular weight excluding hydrogens is 240 g/mol. The molecule has 0 saturated carbocycles. The summed E-state index contributed by atoms with van der Waals surface area (Å²) in [5.41, 5.74) is 0.146. The van der Waals surface area contributed by atoms with Crippen LogP contribution in [0.4, 0.5) is 0 Å². The topological polar surface area (TPSA) is 44.7 Å². The maximum Gasteiger partial charge on any atom is 0.0707 e. The lowest BCUT2D eigenvalue weighted by Gasteiger charge is -2.25. The van der Waals surface area contributed by atoms with Crippen molar-refractivity contribution in [3.05, 3.63) is 12.7 Å². The largest absolute Gasteiger partial charge is 0.395 e. The lowest BCUT2D eigenvalue weighted by molar-refractivity contribution is 0.0204. The van der Waals surface area contributed by atoms with Crippen molar-refractivity contribution in [2.45, 2.75) is 51.4 Å². The van der Waals surface area contributed by atoms with Gasteiger partial charge in [-0.1, -0.05) is 6.08 Å². The monoisotopic (exact) mass is 270 g/mol. The third-order valence-corrected chi connectivity index (χ3v) is 3.32. The van der Waals surface area contributed by atoms with Crippen LogP contribution in [0.3, 0.4) is 0 Å². The van der Waals surface area contributed by atoms with Crippen LogP contribution in [0, 0.1) is 0 Å². The van der Waals surface area contributed by atoms with E-state index in [4.69, 9.17) is 9.84 Å². The Bertz CT molecular complexity index is 263. The number of rotatable bonds is 8. The van der Waals surface area contributed by atoms with Gasteiger partial charge < -0.3 is 15.2 Å². The minimum atomic E-state index is 0.146. The summed E-state index contributed by atoms with van der Waals surface area (Å²) in [6, 6.07) is 0. The van der Waals surface area contributed by atoms with E-state index in [0.29, 0.717) is 18.8 Å². The van der Waals surface area contributed by atoms with Crippen molar-refractivity contribution in [1.82, 2.24) is 10.2 Å². The second-order valence-electron chi connectivity index (χ2n) is 6.36. The van der Waals surface area contributed by atoms with Crippen molar-refractivity contribution >= 4 is 0 Å². The average molecular weight is 270 g/mol. The van der Waals surface area contributed by atoms with Crippen molar-refractivity contribution in [3.8, 4) is 0 Å². The van der Waals surface area contributed by atoms with Gasteiger partial charge in [-0.15, -0.1) is 6.58 Å². The Hall–Kier alpha value is -0.420. The average Bonchev–Trinajstić information content (AvgIpc) is 2.74. The molecule has 4 nitrogen and oxygen atoms in total. The third kappa shape index (κ3) is 7.06. The molecule has 0 aromatic carbocycles. The van der Waals surface area contributed by atoms with Gasteiger partial charge in [0.2, 0.25) is 0 Å². The van der Waals surface area contributed by atoms with E-state index >= 15 is 0 Å². The van der Waals surface area contributed by atoms with Crippen LogP contribution in [-0.2, 0) is 4.74 Å². The summed E-state index contributed by atoms with van der Waals surface area (Å²) in [7, 11) is 0. The summed E-state index contributed by atoms with van der Waals surface area (Å²) in [4.78, 5) is 2.19. The molecular formula is C15H30N2O2. The molecule has 0 aromatic heterocycles. The van der Waals surface area contributed by atoms with Gasteiger partial charge in [-0.05, 0) is 33.6 Å². The molecule has 0 aromatic rings. The van der Waals surface area contributed by atoms with Gasteiger partial charge in [0, 0.05) is 31.7 Å². The Morgan fingerprint density at radius 1 is 1.37 bits per heavy atom. The predicted octanol–water partition coefficient (Wildman–Crippen LogP) is 1.40. The van der Waals surface area contributed by atoms with Gasteiger partial charge in [0.15, 0.2) is 0 Å². The fraction of sp³-hybridized carbons (Fsp3) is 0.867. The quantitative estimate of drug-likeness (QED) is 0.655.